The second-order valence-electron chi connectivity index (χ2n) is 2.11. The first-order valence-corrected chi connectivity index (χ1v) is 4.69. The van der Waals surface area contributed by atoms with Gasteiger partial charge in [0.25, 0.3) is 0 Å². The molecule has 0 fully saturated rings. The van der Waals surface area contributed by atoms with Crippen LogP contribution >= 0.6 is 11.8 Å². The number of hydrogen-bond acceptors (Lipinski definition) is 5. The topological polar surface area (TPSA) is 63.8 Å². The van der Waals surface area contributed by atoms with E-state index in [1.807, 2.05) is 6.07 Å². The molecule has 12 heavy (non-hydrogen) atoms. The highest BCUT2D eigenvalue weighted by Gasteiger charge is 1.96. The Bertz CT molecular complexity index is 241. The van der Waals surface area contributed by atoms with E-state index in [1.54, 1.807) is 25.0 Å². The van der Waals surface area contributed by atoms with E-state index >= 15 is 0 Å². The summed E-state index contributed by atoms with van der Waals surface area (Å²) in [6.45, 7) is 0.670. The minimum atomic E-state index is 0.650. The molecule has 1 rings (SSSR count). The largest absolute Gasteiger partial charge is 0.357 e. The molecule has 0 bridgehead atoms. The van der Waals surface area contributed by atoms with E-state index in [2.05, 4.69) is 15.3 Å². The number of nitrogens with one attached hydrogen (secondary N) is 1. The van der Waals surface area contributed by atoms with E-state index in [1.165, 1.54) is 0 Å². The molecule has 0 saturated heterocycles. The molecule has 0 unspecified atom stereocenters. The van der Waals surface area contributed by atoms with Crippen molar-refractivity contribution in [2.24, 2.45) is 5.73 Å². The van der Waals surface area contributed by atoms with E-state index in [4.69, 9.17) is 5.73 Å². The lowest BCUT2D eigenvalue weighted by atomic mass is 10.7. The number of hydrogen-bond donors (Lipinski definition) is 2. The van der Waals surface area contributed by atoms with Gasteiger partial charge in [-0.05, 0) is 6.07 Å². The van der Waals surface area contributed by atoms with Crippen LogP contribution in [-0.4, -0.2) is 29.3 Å². The number of nitrogens with two attached hydrogens (primary N) is 1. The summed E-state index contributed by atoms with van der Waals surface area (Å²) in [4.78, 5) is 8.21. The average molecular weight is 184 g/mol. The molecule has 5 heteroatoms. The Labute approximate surface area is 76.0 Å². The summed E-state index contributed by atoms with van der Waals surface area (Å²) < 4.78 is 0. The molecule has 0 aliphatic carbocycles. The highest BCUT2D eigenvalue weighted by molar-refractivity contribution is 7.99. The minimum Gasteiger partial charge on any atom is -0.357 e. The van der Waals surface area contributed by atoms with Gasteiger partial charge in [-0.2, -0.15) is 0 Å². The second kappa shape index (κ2) is 4.95. The van der Waals surface area contributed by atoms with Gasteiger partial charge in [0.15, 0.2) is 0 Å². The van der Waals surface area contributed by atoms with Crippen LogP contribution in [0.25, 0.3) is 0 Å². The van der Waals surface area contributed by atoms with E-state index in [-0.39, 0.29) is 0 Å². The van der Waals surface area contributed by atoms with Crippen LogP contribution < -0.4 is 11.1 Å². The van der Waals surface area contributed by atoms with Crippen LogP contribution in [0.4, 0.5) is 5.95 Å². The lowest BCUT2D eigenvalue weighted by Crippen LogP contribution is -2.02. The van der Waals surface area contributed by atoms with Crippen molar-refractivity contribution in [3.05, 3.63) is 12.3 Å². The minimum absolute atomic E-state index is 0.650. The van der Waals surface area contributed by atoms with Crippen molar-refractivity contribution in [1.82, 2.24) is 9.97 Å². The first-order chi connectivity index (χ1) is 5.86. The van der Waals surface area contributed by atoms with Crippen LogP contribution in [0.15, 0.2) is 17.3 Å². The van der Waals surface area contributed by atoms with Crippen molar-refractivity contribution in [3.8, 4) is 0 Å². The van der Waals surface area contributed by atoms with E-state index < -0.39 is 0 Å². The van der Waals surface area contributed by atoms with Gasteiger partial charge in [-0.1, -0.05) is 0 Å². The van der Waals surface area contributed by atoms with Crippen LogP contribution in [0.2, 0.25) is 0 Å². The van der Waals surface area contributed by atoms with Gasteiger partial charge in [-0.3, -0.25) is 0 Å². The summed E-state index contributed by atoms with van der Waals surface area (Å²) in [5, 5.41) is 3.84. The summed E-state index contributed by atoms with van der Waals surface area (Å²) >= 11 is 1.63. The molecule has 66 valence electrons. The molecule has 3 N–H and O–H groups in total. The first kappa shape index (κ1) is 9.28. The van der Waals surface area contributed by atoms with Crippen molar-refractivity contribution >= 4 is 17.7 Å². The third-order valence-electron chi connectivity index (χ3n) is 1.22. The number of rotatable bonds is 4. The maximum absolute atomic E-state index is 5.37. The Balaban J connectivity index is 2.60. The molecule has 0 aliphatic rings. The SMILES string of the molecule is CNc1nccc(SCCN)n1. The molecular formula is C7H12N4S. The maximum atomic E-state index is 5.37. The number of aromatic nitrogens is 2. The lowest BCUT2D eigenvalue weighted by molar-refractivity contribution is 1.04. The highest BCUT2D eigenvalue weighted by atomic mass is 32.2. The van der Waals surface area contributed by atoms with Gasteiger partial charge in [0.1, 0.15) is 5.03 Å². The van der Waals surface area contributed by atoms with Gasteiger partial charge in [0.05, 0.1) is 0 Å². The normalized spacial score (nSPS) is 9.83. The van der Waals surface area contributed by atoms with E-state index in [9.17, 15) is 0 Å². The van der Waals surface area contributed by atoms with Crippen LogP contribution in [0, 0.1) is 0 Å². The Kier molecular flexibility index (Phi) is 3.83. The monoisotopic (exact) mass is 184 g/mol. The molecule has 0 radical (unpaired) electrons. The zero-order chi connectivity index (χ0) is 8.81. The summed E-state index contributed by atoms with van der Waals surface area (Å²) in [6.07, 6.45) is 1.73. The lowest BCUT2D eigenvalue weighted by Gasteiger charge is -2.00. The smallest absolute Gasteiger partial charge is 0.223 e. The number of nitrogens with zero attached hydrogens (tertiary/aromatic N) is 2. The molecule has 0 spiro atoms. The predicted molar refractivity (Wildman–Crippen MR) is 51.4 cm³/mol. The average Bonchev–Trinajstić information content (AvgIpc) is 2.15. The standard InChI is InChI=1S/C7H12N4S/c1-9-7-10-4-2-6(11-7)12-5-3-8/h2,4H,3,5,8H2,1H3,(H,9,10,11). The molecule has 0 aromatic carbocycles. The zero-order valence-electron chi connectivity index (χ0n) is 6.95. The van der Waals surface area contributed by atoms with Gasteiger partial charge in [-0.15, -0.1) is 11.8 Å². The fourth-order valence-corrected chi connectivity index (χ4v) is 1.34. The zero-order valence-corrected chi connectivity index (χ0v) is 7.77. The molecule has 4 nitrogen and oxygen atoms in total. The fourth-order valence-electron chi connectivity index (χ4n) is 0.706. The van der Waals surface area contributed by atoms with Crippen molar-refractivity contribution < 1.29 is 0 Å². The molecule has 0 aliphatic heterocycles. The van der Waals surface area contributed by atoms with Crippen LogP contribution in [-0.2, 0) is 0 Å². The van der Waals surface area contributed by atoms with Crippen LogP contribution in [0.5, 0.6) is 0 Å². The Morgan fingerprint density at radius 2 is 2.50 bits per heavy atom. The second-order valence-corrected chi connectivity index (χ2v) is 3.22. The molecule has 0 atom stereocenters. The third-order valence-corrected chi connectivity index (χ3v) is 2.18. The van der Waals surface area contributed by atoms with Crippen LogP contribution in [0.3, 0.4) is 0 Å². The molecule has 0 saturated carbocycles. The van der Waals surface area contributed by atoms with Gasteiger partial charge in [-0.25, -0.2) is 9.97 Å². The van der Waals surface area contributed by atoms with Crippen LogP contribution in [0.1, 0.15) is 0 Å². The summed E-state index contributed by atoms with van der Waals surface area (Å²) in [7, 11) is 1.80. The molecule has 1 heterocycles. The van der Waals surface area contributed by atoms with E-state index in [0.29, 0.717) is 12.5 Å². The Hall–Kier alpha value is -0.810. The Morgan fingerprint density at radius 1 is 1.67 bits per heavy atom. The van der Waals surface area contributed by atoms with Gasteiger partial charge < -0.3 is 11.1 Å². The first-order valence-electron chi connectivity index (χ1n) is 3.70. The fraction of sp³-hybridized carbons (Fsp3) is 0.429. The molecule has 1 aromatic rings. The third kappa shape index (κ3) is 2.67. The van der Waals surface area contributed by atoms with Gasteiger partial charge in [0, 0.05) is 25.5 Å². The maximum Gasteiger partial charge on any atom is 0.223 e. The van der Waals surface area contributed by atoms with Gasteiger partial charge in [0.2, 0.25) is 5.95 Å². The van der Waals surface area contributed by atoms with Crippen molar-refractivity contribution in [2.75, 3.05) is 24.7 Å². The molecule has 1 aromatic heterocycles. The summed E-state index contributed by atoms with van der Waals surface area (Å²) in [5.74, 6) is 1.54. The quantitative estimate of drug-likeness (QED) is 0.529. The number of anilines is 1. The van der Waals surface area contributed by atoms with Crippen molar-refractivity contribution in [1.29, 1.82) is 0 Å². The van der Waals surface area contributed by atoms with Crippen molar-refractivity contribution in [2.45, 2.75) is 5.03 Å². The van der Waals surface area contributed by atoms with E-state index in [0.717, 1.165) is 10.8 Å². The Morgan fingerprint density at radius 3 is 3.17 bits per heavy atom. The predicted octanol–water partition coefficient (Wildman–Crippen LogP) is 0.569. The molecular weight excluding hydrogens is 172 g/mol. The van der Waals surface area contributed by atoms with Gasteiger partial charge >= 0.3 is 0 Å². The highest BCUT2D eigenvalue weighted by Crippen LogP contribution is 2.14. The van der Waals surface area contributed by atoms with Crippen molar-refractivity contribution in [3.63, 3.8) is 0 Å². The summed E-state index contributed by atoms with van der Waals surface area (Å²) in [6, 6.07) is 1.88. The summed E-state index contributed by atoms with van der Waals surface area (Å²) in [5.41, 5.74) is 5.37. The number of thioether (sulfide) groups is 1. The molecule has 0 amide bonds.